The molecule has 7 heteroatoms. The van der Waals surface area contributed by atoms with Crippen molar-refractivity contribution in [2.24, 2.45) is 0 Å². The number of ether oxygens (including phenoxy) is 2. The molecule has 0 radical (unpaired) electrons. The fourth-order valence-electron chi connectivity index (χ4n) is 1.48. The first-order chi connectivity index (χ1) is 9.15. The van der Waals surface area contributed by atoms with E-state index >= 15 is 0 Å². The van der Waals surface area contributed by atoms with Crippen LogP contribution in [0.1, 0.15) is 28.6 Å². The molecule has 0 aromatic carbocycles. The number of nitrogens with zero attached hydrogens (tertiary/aromatic N) is 1. The minimum Gasteiger partial charge on any atom is -0.465 e. The molecule has 3 N–H and O–H groups in total. The summed E-state index contributed by atoms with van der Waals surface area (Å²) in [5.41, 5.74) is 6.17. The summed E-state index contributed by atoms with van der Waals surface area (Å²) in [7, 11) is 1.28. The Morgan fingerprint density at radius 2 is 2.32 bits per heavy atom. The van der Waals surface area contributed by atoms with E-state index in [1.807, 2.05) is 13.0 Å². The summed E-state index contributed by atoms with van der Waals surface area (Å²) >= 11 is 1.15. The Hall–Kier alpha value is -1.78. The highest BCUT2D eigenvalue weighted by molar-refractivity contribution is 7.17. The van der Waals surface area contributed by atoms with Crippen molar-refractivity contribution < 1.29 is 14.3 Å². The lowest BCUT2D eigenvalue weighted by molar-refractivity contribution is 0.0603. The van der Waals surface area contributed by atoms with E-state index in [2.05, 4.69) is 10.1 Å². The molecule has 6 nitrogen and oxygen atoms in total. The van der Waals surface area contributed by atoms with Crippen LogP contribution in [0.5, 0.6) is 0 Å². The van der Waals surface area contributed by atoms with E-state index in [-0.39, 0.29) is 11.3 Å². The van der Waals surface area contributed by atoms with Crippen LogP contribution in [0.25, 0.3) is 0 Å². The maximum atomic E-state index is 11.6. The second-order valence-electron chi connectivity index (χ2n) is 3.63. The lowest BCUT2D eigenvalue weighted by Crippen LogP contribution is -2.10. The normalized spacial score (nSPS) is 9.95. The molecular weight excluding hydrogens is 266 g/mol. The first-order valence-electron chi connectivity index (χ1n) is 5.88. The standard InChI is InChI=1S/C12H17N3O3S/c1-3-18-6-4-5-15-11-9(12(16)17-2)10(14)8(7-13)19-11/h15H,3-6,14H2,1-2H3. The van der Waals surface area contributed by atoms with Crippen LogP contribution in [0.15, 0.2) is 0 Å². The highest BCUT2D eigenvalue weighted by atomic mass is 32.1. The van der Waals surface area contributed by atoms with Crippen LogP contribution in [0.3, 0.4) is 0 Å². The lowest BCUT2D eigenvalue weighted by atomic mass is 10.2. The number of nitrogens with one attached hydrogen (secondary N) is 1. The Kier molecular flexibility index (Phi) is 6.12. The summed E-state index contributed by atoms with van der Waals surface area (Å²) in [4.78, 5) is 12.0. The lowest BCUT2D eigenvalue weighted by Gasteiger charge is -2.06. The average Bonchev–Trinajstić information content (AvgIpc) is 2.74. The molecule has 1 aromatic rings. The second kappa shape index (κ2) is 7.61. The van der Waals surface area contributed by atoms with E-state index in [1.54, 1.807) is 0 Å². The molecule has 0 fully saturated rings. The number of hydrogen-bond donors (Lipinski definition) is 2. The summed E-state index contributed by atoms with van der Waals surface area (Å²) in [5, 5.41) is 12.6. The molecule has 0 saturated carbocycles. The molecule has 0 bridgehead atoms. The van der Waals surface area contributed by atoms with Crippen molar-refractivity contribution >= 4 is 28.0 Å². The summed E-state index contributed by atoms with van der Waals surface area (Å²) in [5.74, 6) is -0.539. The molecule has 0 amide bonds. The summed E-state index contributed by atoms with van der Waals surface area (Å²) in [6.45, 7) is 3.89. The first kappa shape index (κ1) is 15.3. The highest BCUT2D eigenvalue weighted by Crippen LogP contribution is 2.35. The Bertz CT molecular complexity index is 479. The zero-order valence-electron chi connectivity index (χ0n) is 11.0. The molecule has 0 aliphatic rings. The number of carbonyl (C=O) groups is 1. The largest absolute Gasteiger partial charge is 0.465 e. The van der Waals surface area contributed by atoms with Crippen molar-refractivity contribution in [3.05, 3.63) is 10.4 Å². The number of nitrogen functional groups attached to an aromatic ring is 1. The van der Waals surface area contributed by atoms with Gasteiger partial charge in [0, 0.05) is 19.8 Å². The summed E-state index contributed by atoms with van der Waals surface area (Å²) < 4.78 is 9.89. The van der Waals surface area contributed by atoms with Crippen molar-refractivity contribution in [2.75, 3.05) is 37.9 Å². The molecule has 1 rings (SSSR count). The van der Waals surface area contributed by atoms with Gasteiger partial charge >= 0.3 is 5.97 Å². The number of hydrogen-bond acceptors (Lipinski definition) is 7. The zero-order valence-corrected chi connectivity index (χ0v) is 11.8. The van der Waals surface area contributed by atoms with Gasteiger partial charge < -0.3 is 20.5 Å². The number of methoxy groups -OCH3 is 1. The monoisotopic (exact) mass is 283 g/mol. The fourth-order valence-corrected chi connectivity index (χ4v) is 2.41. The summed E-state index contributed by atoms with van der Waals surface area (Å²) in [6.07, 6.45) is 0.800. The maximum Gasteiger partial charge on any atom is 0.343 e. The van der Waals surface area contributed by atoms with Crippen molar-refractivity contribution in [3.63, 3.8) is 0 Å². The first-order valence-corrected chi connectivity index (χ1v) is 6.69. The van der Waals surface area contributed by atoms with E-state index in [0.717, 1.165) is 17.8 Å². The molecule has 0 unspecified atom stereocenters. The van der Waals surface area contributed by atoms with Gasteiger partial charge in [0.05, 0.1) is 12.8 Å². The van der Waals surface area contributed by atoms with Gasteiger partial charge in [0.15, 0.2) is 0 Å². The summed E-state index contributed by atoms with van der Waals surface area (Å²) in [6, 6.07) is 1.97. The average molecular weight is 283 g/mol. The third-order valence-corrected chi connectivity index (χ3v) is 3.46. The van der Waals surface area contributed by atoms with Crippen LogP contribution in [-0.2, 0) is 9.47 Å². The van der Waals surface area contributed by atoms with Gasteiger partial charge in [-0.25, -0.2) is 4.79 Å². The van der Waals surface area contributed by atoms with E-state index in [9.17, 15) is 4.79 Å². The van der Waals surface area contributed by atoms with Crippen LogP contribution in [0, 0.1) is 11.3 Å². The third-order valence-electron chi connectivity index (χ3n) is 2.39. The Morgan fingerprint density at radius 3 is 2.89 bits per heavy atom. The topological polar surface area (TPSA) is 97.4 Å². The number of anilines is 2. The Balaban J connectivity index is 2.76. The van der Waals surface area contributed by atoms with Gasteiger partial charge in [0.2, 0.25) is 0 Å². The molecule has 0 aliphatic carbocycles. The molecule has 104 valence electrons. The van der Waals surface area contributed by atoms with Crippen molar-refractivity contribution in [1.82, 2.24) is 0 Å². The molecule has 19 heavy (non-hydrogen) atoms. The van der Waals surface area contributed by atoms with Crippen molar-refractivity contribution in [1.29, 1.82) is 5.26 Å². The zero-order chi connectivity index (χ0) is 14.3. The third kappa shape index (κ3) is 3.84. The Morgan fingerprint density at radius 1 is 1.58 bits per heavy atom. The van der Waals surface area contributed by atoms with Gasteiger partial charge in [-0.3, -0.25) is 0 Å². The van der Waals surface area contributed by atoms with Gasteiger partial charge in [-0.05, 0) is 13.3 Å². The smallest absolute Gasteiger partial charge is 0.343 e. The van der Waals surface area contributed by atoms with E-state index in [1.165, 1.54) is 7.11 Å². The minimum atomic E-state index is -0.539. The highest BCUT2D eigenvalue weighted by Gasteiger charge is 2.22. The number of esters is 1. The van der Waals surface area contributed by atoms with Crippen LogP contribution in [-0.4, -0.2) is 32.8 Å². The predicted octanol–water partition coefficient (Wildman–Crippen LogP) is 1.83. The van der Waals surface area contributed by atoms with Gasteiger partial charge in [-0.15, -0.1) is 11.3 Å². The van der Waals surface area contributed by atoms with Gasteiger partial charge in [-0.2, -0.15) is 5.26 Å². The molecule has 0 saturated heterocycles. The van der Waals surface area contributed by atoms with Crippen LogP contribution < -0.4 is 11.1 Å². The van der Waals surface area contributed by atoms with Gasteiger partial charge in [-0.1, -0.05) is 0 Å². The van der Waals surface area contributed by atoms with Crippen LogP contribution >= 0.6 is 11.3 Å². The number of thiophene rings is 1. The number of rotatable bonds is 7. The SMILES string of the molecule is CCOCCCNc1sc(C#N)c(N)c1C(=O)OC. The van der Waals surface area contributed by atoms with Crippen LogP contribution in [0.4, 0.5) is 10.7 Å². The molecule has 0 aliphatic heterocycles. The van der Waals surface area contributed by atoms with Gasteiger partial charge in [0.1, 0.15) is 21.5 Å². The van der Waals surface area contributed by atoms with E-state index in [0.29, 0.717) is 29.6 Å². The number of nitriles is 1. The predicted molar refractivity (Wildman–Crippen MR) is 74.4 cm³/mol. The quantitative estimate of drug-likeness (QED) is 0.585. The fraction of sp³-hybridized carbons (Fsp3) is 0.500. The molecular formula is C12H17N3O3S. The van der Waals surface area contributed by atoms with Gasteiger partial charge in [0.25, 0.3) is 0 Å². The Labute approximate surface area is 116 Å². The van der Waals surface area contributed by atoms with Crippen molar-refractivity contribution in [2.45, 2.75) is 13.3 Å². The van der Waals surface area contributed by atoms with E-state index < -0.39 is 5.97 Å². The molecule has 0 atom stereocenters. The molecule has 1 heterocycles. The van der Waals surface area contributed by atoms with Crippen molar-refractivity contribution in [3.8, 4) is 6.07 Å². The molecule has 1 aromatic heterocycles. The van der Waals surface area contributed by atoms with E-state index in [4.69, 9.17) is 15.7 Å². The second-order valence-corrected chi connectivity index (χ2v) is 4.65. The molecule has 0 spiro atoms. The van der Waals surface area contributed by atoms with Crippen LogP contribution in [0.2, 0.25) is 0 Å². The minimum absolute atomic E-state index is 0.173. The number of carbonyl (C=O) groups excluding carboxylic acids is 1. The number of nitrogens with two attached hydrogens (primary N) is 1. The maximum absolute atomic E-state index is 11.6.